The summed E-state index contributed by atoms with van der Waals surface area (Å²) in [7, 11) is 1.60. The molecule has 0 bridgehead atoms. The van der Waals surface area contributed by atoms with Crippen molar-refractivity contribution in [3.05, 3.63) is 62.8 Å². The lowest BCUT2D eigenvalue weighted by molar-refractivity contribution is -0.130. The summed E-state index contributed by atoms with van der Waals surface area (Å²) in [4.78, 5) is 35.4. The average molecular weight is 592 g/mol. The van der Waals surface area contributed by atoms with Crippen LogP contribution in [0.5, 0.6) is 0 Å². The minimum atomic E-state index is -0.489. The second-order valence-electron chi connectivity index (χ2n) is 10.1. The van der Waals surface area contributed by atoms with E-state index in [-0.39, 0.29) is 34.1 Å². The summed E-state index contributed by atoms with van der Waals surface area (Å²) in [6.45, 7) is 10.8. The molecule has 2 aliphatic heterocycles. The number of rotatable bonds is 5. The summed E-state index contributed by atoms with van der Waals surface area (Å²) >= 11 is 14.0. The molecule has 3 heterocycles. The van der Waals surface area contributed by atoms with E-state index in [1.54, 1.807) is 23.4 Å². The SMILES string of the molecule is C=CC(=O)N1[C@H](C)CN(c2nc(=O)n3c4c(c(-c5cc(Cl)c(Cl)cc5F)c(C)cc24)SC[C@@H]3COC)C[C@@H]1C. The number of anilines is 1. The minimum absolute atomic E-state index is 0.118. The molecule has 7 nitrogen and oxygen atoms in total. The zero-order chi connectivity index (χ0) is 28.2. The summed E-state index contributed by atoms with van der Waals surface area (Å²) in [6.07, 6.45) is 1.33. The molecular formula is C28H29Cl2FN4O3S. The van der Waals surface area contributed by atoms with Gasteiger partial charge in [-0.25, -0.2) is 9.18 Å². The molecule has 2 aromatic carbocycles. The van der Waals surface area contributed by atoms with Gasteiger partial charge in [0.2, 0.25) is 5.91 Å². The molecule has 0 spiro atoms. The number of thioether (sulfide) groups is 1. The maximum Gasteiger partial charge on any atom is 0.350 e. The lowest BCUT2D eigenvalue weighted by atomic mass is 9.96. The van der Waals surface area contributed by atoms with Gasteiger partial charge in [0.05, 0.1) is 28.2 Å². The molecule has 206 valence electrons. The normalized spacial score (nSPS) is 20.9. The highest BCUT2D eigenvalue weighted by Crippen LogP contribution is 2.47. The van der Waals surface area contributed by atoms with E-state index in [1.165, 1.54) is 18.2 Å². The second kappa shape index (κ2) is 10.8. The van der Waals surface area contributed by atoms with Gasteiger partial charge in [-0.05, 0) is 50.6 Å². The van der Waals surface area contributed by atoms with Crippen LogP contribution in [0, 0.1) is 12.7 Å². The van der Waals surface area contributed by atoms with Gasteiger partial charge in [0.25, 0.3) is 0 Å². The Morgan fingerprint density at radius 1 is 1.23 bits per heavy atom. The third-order valence-corrected chi connectivity index (χ3v) is 9.37. The van der Waals surface area contributed by atoms with Crippen LogP contribution in [0.1, 0.15) is 25.5 Å². The first-order chi connectivity index (χ1) is 18.6. The van der Waals surface area contributed by atoms with Gasteiger partial charge in [0.15, 0.2) is 0 Å². The fourth-order valence-electron chi connectivity index (χ4n) is 5.86. The number of piperazine rings is 1. The van der Waals surface area contributed by atoms with Crippen LogP contribution in [0.4, 0.5) is 10.2 Å². The number of hydrogen-bond acceptors (Lipinski definition) is 6. The summed E-state index contributed by atoms with van der Waals surface area (Å²) < 4.78 is 22.4. The highest BCUT2D eigenvalue weighted by Gasteiger charge is 2.35. The quantitative estimate of drug-likeness (QED) is 0.279. The predicted molar refractivity (Wildman–Crippen MR) is 156 cm³/mol. The van der Waals surface area contributed by atoms with Crippen LogP contribution < -0.4 is 10.6 Å². The number of halogens is 3. The van der Waals surface area contributed by atoms with E-state index < -0.39 is 11.5 Å². The summed E-state index contributed by atoms with van der Waals surface area (Å²) in [5.74, 6) is 0.506. The fraction of sp³-hybridized carbons (Fsp3) is 0.393. The van der Waals surface area contributed by atoms with Crippen LogP contribution in [-0.4, -0.2) is 65.0 Å². The number of aromatic nitrogens is 2. The predicted octanol–water partition coefficient (Wildman–Crippen LogP) is 5.72. The number of aryl methyl sites for hydroxylation is 1. The van der Waals surface area contributed by atoms with E-state index in [0.29, 0.717) is 47.9 Å². The monoisotopic (exact) mass is 590 g/mol. The molecule has 3 aromatic rings. The Kier molecular flexibility index (Phi) is 7.72. The molecule has 2 aliphatic rings. The molecule has 0 saturated carbocycles. The van der Waals surface area contributed by atoms with Gasteiger partial charge in [-0.15, -0.1) is 11.8 Å². The standard InChI is InChI=1S/C28H29Cl2FN4O3S/c1-6-23(36)34-15(3)10-33(11-16(34)4)27-19-7-14(2)24(18-8-20(29)21(30)9-22(18)31)26-25(19)35(28(37)32-27)17(12-38-5)13-39-26/h6-9,15-17H,1,10-13H2,2-5H3/t15-,16+,17-/m0/s1. The minimum Gasteiger partial charge on any atom is -0.383 e. The fourth-order valence-corrected chi connectivity index (χ4v) is 7.54. The van der Waals surface area contributed by atoms with E-state index in [4.69, 9.17) is 27.9 Å². The van der Waals surface area contributed by atoms with Crippen molar-refractivity contribution in [1.82, 2.24) is 14.5 Å². The van der Waals surface area contributed by atoms with Crippen LogP contribution >= 0.6 is 35.0 Å². The first-order valence-corrected chi connectivity index (χ1v) is 14.4. The molecule has 0 N–H and O–H groups in total. The van der Waals surface area contributed by atoms with Gasteiger partial charge in [0, 0.05) is 59.4 Å². The van der Waals surface area contributed by atoms with Crippen molar-refractivity contribution in [2.75, 3.05) is 37.5 Å². The number of hydrogen-bond donors (Lipinski definition) is 0. The Morgan fingerprint density at radius 2 is 1.90 bits per heavy atom. The van der Waals surface area contributed by atoms with Crippen molar-refractivity contribution in [2.24, 2.45) is 0 Å². The zero-order valence-electron chi connectivity index (χ0n) is 22.1. The van der Waals surface area contributed by atoms with Crippen LogP contribution in [-0.2, 0) is 9.53 Å². The summed E-state index contributed by atoms with van der Waals surface area (Å²) in [5.41, 5.74) is 2.12. The van der Waals surface area contributed by atoms with Gasteiger partial charge < -0.3 is 14.5 Å². The third kappa shape index (κ3) is 4.73. The third-order valence-electron chi connectivity index (χ3n) is 7.41. The largest absolute Gasteiger partial charge is 0.383 e. The molecule has 1 aromatic heterocycles. The molecule has 1 fully saturated rings. The average Bonchev–Trinajstić information content (AvgIpc) is 2.88. The number of methoxy groups -OCH3 is 1. The van der Waals surface area contributed by atoms with Crippen LogP contribution in [0.3, 0.4) is 0 Å². The molecule has 1 amide bonds. The molecule has 3 atom stereocenters. The van der Waals surface area contributed by atoms with Gasteiger partial charge in [0.1, 0.15) is 11.6 Å². The molecular weight excluding hydrogens is 562 g/mol. The Hall–Kier alpha value is -2.59. The van der Waals surface area contributed by atoms with Gasteiger partial charge in [-0.1, -0.05) is 29.8 Å². The number of carbonyl (C=O) groups is 1. The van der Waals surface area contributed by atoms with Crippen LogP contribution in [0.25, 0.3) is 22.0 Å². The molecule has 0 unspecified atom stereocenters. The number of benzene rings is 2. The van der Waals surface area contributed by atoms with Crippen molar-refractivity contribution in [1.29, 1.82) is 0 Å². The lowest BCUT2D eigenvalue weighted by Crippen LogP contribution is -2.58. The van der Waals surface area contributed by atoms with E-state index in [2.05, 4.69) is 16.5 Å². The Balaban J connectivity index is 1.76. The zero-order valence-corrected chi connectivity index (χ0v) is 24.5. The molecule has 0 radical (unpaired) electrons. The van der Waals surface area contributed by atoms with Crippen LogP contribution in [0.2, 0.25) is 10.0 Å². The van der Waals surface area contributed by atoms with Crippen LogP contribution in [0.15, 0.2) is 40.5 Å². The second-order valence-corrected chi connectivity index (χ2v) is 11.9. The van der Waals surface area contributed by atoms with Crippen molar-refractivity contribution >= 4 is 57.6 Å². The molecule has 11 heteroatoms. The number of carbonyl (C=O) groups excluding carboxylic acids is 1. The highest BCUT2D eigenvalue weighted by atomic mass is 35.5. The first kappa shape index (κ1) is 28.0. The summed E-state index contributed by atoms with van der Waals surface area (Å²) in [6, 6.07) is 4.24. The Morgan fingerprint density at radius 3 is 2.54 bits per heavy atom. The maximum atomic E-state index is 15.3. The van der Waals surface area contributed by atoms with E-state index >= 15 is 4.39 Å². The van der Waals surface area contributed by atoms with Crippen molar-refractivity contribution in [3.63, 3.8) is 0 Å². The molecule has 5 rings (SSSR count). The van der Waals surface area contributed by atoms with Gasteiger partial charge >= 0.3 is 5.69 Å². The lowest BCUT2D eigenvalue weighted by Gasteiger charge is -2.45. The molecule has 0 aliphatic carbocycles. The Bertz CT molecular complexity index is 1550. The van der Waals surface area contributed by atoms with E-state index in [9.17, 15) is 9.59 Å². The summed E-state index contributed by atoms with van der Waals surface area (Å²) in [5, 5.41) is 1.18. The van der Waals surface area contributed by atoms with Crippen molar-refractivity contribution in [3.8, 4) is 11.1 Å². The van der Waals surface area contributed by atoms with Crippen molar-refractivity contribution < 1.29 is 13.9 Å². The van der Waals surface area contributed by atoms with Gasteiger partial charge in [-0.2, -0.15) is 4.98 Å². The maximum absolute atomic E-state index is 15.3. The first-order valence-electron chi connectivity index (χ1n) is 12.6. The molecule has 39 heavy (non-hydrogen) atoms. The Labute approximate surface area is 240 Å². The van der Waals surface area contributed by atoms with E-state index in [0.717, 1.165) is 15.8 Å². The topological polar surface area (TPSA) is 67.7 Å². The van der Waals surface area contributed by atoms with E-state index in [1.807, 2.05) is 31.7 Å². The number of ether oxygens (including phenoxy) is 1. The van der Waals surface area contributed by atoms with Crippen molar-refractivity contribution in [2.45, 2.75) is 43.8 Å². The highest BCUT2D eigenvalue weighted by molar-refractivity contribution is 7.99. The smallest absolute Gasteiger partial charge is 0.350 e. The number of nitrogens with zero attached hydrogens (tertiary/aromatic N) is 4. The van der Waals surface area contributed by atoms with Gasteiger partial charge in [-0.3, -0.25) is 9.36 Å². The molecule has 1 saturated heterocycles. The number of amides is 1.